The molecule has 1 saturated heterocycles. The number of likely N-dealkylation sites (tertiary alicyclic amines) is 1. The fourth-order valence-electron chi connectivity index (χ4n) is 3.23. The summed E-state index contributed by atoms with van der Waals surface area (Å²) in [5.41, 5.74) is 0.801. The third-order valence-electron chi connectivity index (χ3n) is 5.06. The van der Waals surface area contributed by atoms with Gasteiger partial charge in [0, 0.05) is 36.7 Å². The van der Waals surface area contributed by atoms with Crippen molar-refractivity contribution < 1.29 is 14.0 Å². The summed E-state index contributed by atoms with van der Waals surface area (Å²) < 4.78 is 5.76. The normalized spacial score (nSPS) is 18.2. The van der Waals surface area contributed by atoms with E-state index < -0.39 is 0 Å². The van der Waals surface area contributed by atoms with Gasteiger partial charge in [-0.05, 0) is 38.7 Å². The number of rotatable bonds is 4. The van der Waals surface area contributed by atoms with Crippen LogP contribution in [0.1, 0.15) is 49.3 Å². The number of carbonyl (C=O) groups excluding carboxylic acids is 2. The molecule has 8 heteroatoms. The second kappa shape index (κ2) is 6.83. The average molecular weight is 374 g/mol. The second-order valence-electron chi connectivity index (χ2n) is 7.07. The molecular weight excluding hydrogens is 352 g/mol. The van der Waals surface area contributed by atoms with Crippen LogP contribution in [0.2, 0.25) is 0 Å². The van der Waals surface area contributed by atoms with E-state index in [0.29, 0.717) is 43.6 Å². The number of piperidine rings is 1. The molecule has 0 atom stereocenters. The Labute approximate surface area is 155 Å². The summed E-state index contributed by atoms with van der Waals surface area (Å²) >= 11 is 1.54. The highest BCUT2D eigenvalue weighted by Crippen LogP contribution is 2.41. The summed E-state index contributed by atoms with van der Waals surface area (Å²) in [7, 11) is 0. The van der Waals surface area contributed by atoms with E-state index in [4.69, 9.17) is 4.42 Å². The Balaban J connectivity index is 1.41. The van der Waals surface area contributed by atoms with Crippen LogP contribution in [-0.2, 0) is 9.59 Å². The van der Waals surface area contributed by atoms with Gasteiger partial charge >= 0.3 is 0 Å². The molecule has 0 bridgehead atoms. The lowest BCUT2D eigenvalue weighted by atomic mass is 9.96. The monoisotopic (exact) mass is 374 g/mol. The first-order valence-electron chi connectivity index (χ1n) is 9.02. The number of aromatic nitrogens is 2. The van der Waals surface area contributed by atoms with Gasteiger partial charge in [0.2, 0.25) is 17.7 Å². The largest absolute Gasteiger partial charge is 0.420 e. The fraction of sp³-hybridized carbons (Fsp3) is 0.556. The van der Waals surface area contributed by atoms with Crippen molar-refractivity contribution in [2.45, 2.75) is 45.4 Å². The maximum atomic E-state index is 12.6. The minimum absolute atomic E-state index is 0.0184. The topological polar surface area (TPSA) is 88.3 Å². The average Bonchev–Trinajstić information content (AvgIpc) is 3.25. The van der Waals surface area contributed by atoms with Crippen LogP contribution in [0.25, 0.3) is 10.8 Å². The quantitative estimate of drug-likeness (QED) is 0.888. The predicted octanol–water partition coefficient (Wildman–Crippen LogP) is 3.18. The Bertz CT molecular complexity index is 831. The van der Waals surface area contributed by atoms with Crippen molar-refractivity contribution in [1.29, 1.82) is 0 Å². The van der Waals surface area contributed by atoms with Gasteiger partial charge in [0.05, 0.1) is 10.6 Å². The summed E-state index contributed by atoms with van der Waals surface area (Å²) in [6.45, 7) is 4.84. The lowest BCUT2D eigenvalue weighted by Crippen LogP contribution is -2.40. The molecule has 0 unspecified atom stereocenters. The Morgan fingerprint density at radius 1 is 1.23 bits per heavy atom. The molecule has 0 spiro atoms. The van der Waals surface area contributed by atoms with Crippen LogP contribution in [0.3, 0.4) is 0 Å². The van der Waals surface area contributed by atoms with Crippen LogP contribution in [0, 0.1) is 12.8 Å². The van der Waals surface area contributed by atoms with E-state index in [0.717, 1.165) is 28.3 Å². The summed E-state index contributed by atoms with van der Waals surface area (Å²) in [4.78, 5) is 27.7. The minimum Gasteiger partial charge on any atom is -0.420 e. The van der Waals surface area contributed by atoms with Crippen LogP contribution in [0.5, 0.6) is 0 Å². The second-order valence-corrected chi connectivity index (χ2v) is 8.33. The van der Waals surface area contributed by atoms with Crippen molar-refractivity contribution in [3.63, 3.8) is 0 Å². The van der Waals surface area contributed by atoms with Gasteiger partial charge in [-0.2, -0.15) is 0 Å². The molecule has 1 saturated carbocycles. The smallest absolute Gasteiger partial charge is 0.257 e. The summed E-state index contributed by atoms with van der Waals surface area (Å²) in [5.74, 6) is 1.71. The highest BCUT2D eigenvalue weighted by atomic mass is 32.1. The maximum Gasteiger partial charge on any atom is 0.257 e. The van der Waals surface area contributed by atoms with Crippen molar-refractivity contribution in [2.75, 3.05) is 18.4 Å². The van der Waals surface area contributed by atoms with E-state index in [-0.39, 0.29) is 17.7 Å². The highest BCUT2D eigenvalue weighted by Gasteiger charge is 2.30. The third-order valence-corrected chi connectivity index (χ3v) is 6.10. The zero-order chi connectivity index (χ0) is 18.3. The summed E-state index contributed by atoms with van der Waals surface area (Å²) in [6.07, 6.45) is 3.65. The Hall–Kier alpha value is -2.22. The number of aryl methyl sites for hydroxylation is 1. The van der Waals surface area contributed by atoms with Crippen LogP contribution in [0.15, 0.2) is 10.5 Å². The number of nitrogens with one attached hydrogen (secondary N) is 1. The van der Waals surface area contributed by atoms with Crippen molar-refractivity contribution in [2.24, 2.45) is 5.92 Å². The molecule has 4 rings (SSSR count). The Kier molecular flexibility index (Phi) is 4.52. The van der Waals surface area contributed by atoms with E-state index in [1.807, 2.05) is 13.0 Å². The minimum atomic E-state index is -0.0572. The molecule has 2 aromatic rings. The lowest BCUT2D eigenvalue weighted by Gasteiger charge is -2.30. The number of anilines is 1. The molecular formula is C18H22N4O3S. The van der Waals surface area contributed by atoms with Gasteiger partial charge in [-0.15, -0.1) is 21.5 Å². The van der Waals surface area contributed by atoms with E-state index in [1.165, 1.54) is 0 Å². The van der Waals surface area contributed by atoms with Gasteiger partial charge < -0.3 is 14.6 Å². The van der Waals surface area contributed by atoms with Gasteiger partial charge in [-0.3, -0.25) is 9.59 Å². The third kappa shape index (κ3) is 3.51. The standard InChI is InChI=1S/C18H22N4O3S/c1-10-14(19-16(24)12-5-7-22(8-6-12)11(2)23)9-15(26-10)18-21-20-17(25-18)13-3-4-13/h9,12-13H,3-8H2,1-2H3,(H,19,24). The van der Waals surface area contributed by atoms with Crippen molar-refractivity contribution >= 4 is 28.8 Å². The van der Waals surface area contributed by atoms with Crippen molar-refractivity contribution in [1.82, 2.24) is 15.1 Å². The number of hydrogen-bond acceptors (Lipinski definition) is 6. The Morgan fingerprint density at radius 2 is 1.96 bits per heavy atom. The van der Waals surface area contributed by atoms with Crippen LogP contribution in [0.4, 0.5) is 5.69 Å². The number of thiophene rings is 1. The van der Waals surface area contributed by atoms with Gasteiger partial charge in [-0.25, -0.2) is 0 Å². The van der Waals surface area contributed by atoms with E-state index in [2.05, 4.69) is 15.5 Å². The molecule has 2 amide bonds. The van der Waals surface area contributed by atoms with Crippen molar-refractivity contribution in [3.05, 3.63) is 16.8 Å². The summed E-state index contributed by atoms with van der Waals surface area (Å²) in [5, 5.41) is 11.3. The number of nitrogens with zero attached hydrogens (tertiary/aromatic N) is 3. The van der Waals surface area contributed by atoms with Gasteiger partial charge in [-0.1, -0.05) is 0 Å². The first-order valence-corrected chi connectivity index (χ1v) is 9.83. The first-order chi connectivity index (χ1) is 12.5. The molecule has 0 radical (unpaired) electrons. The van der Waals surface area contributed by atoms with Crippen molar-refractivity contribution in [3.8, 4) is 10.8 Å². The van der Waals surface area contributed by atoms with Crippen LogP contribution >= 0.6 is 11.3 Å². The van der Waals surface area contributed by atoms with E-state index >= 15 is 0 Å². The van der Waals surface area contributed by atoms with Gasteiger partial charge in [0.25, 0.3) is 5.89 Å². The Morgan fingerprint density at radius 3 is 2.62 bits per heavy atom. The van der Waals surface area contributed by atoms with Gasteiger partial charge in [0.15, 0.2) is 0 Å². The molecule has 1 aliphatic carbocycles. The number of amides is 2. The molecule has 0 aromatic carbocycles. The molecule has 7 nitrogen and oxygen atoms in total. The molecule has 2 aliphatic rings. The molecule has 26 heavy (non-hydrogen) atoms. The van der Waals surface area contributed by atoms with Gasteiger partial charge in [0.1, 0.15) is 0 Å². The fourth-order valence-corrected chi connectivity index (χ4v) is 4.13. The van der Waals surface area contributed by atoms with Crippen LogP contribution in [-0.4, -0.2) is 40.0 Å². The number of carbonyl (C=O) groups is 2. The molecule has 3 heterocycles. The maximum absolute atomic E-state index is 12.6. The van der Waals surface area contributed by atoms with E-state index in [1.54, 1.807) is 23.2 Å². The summed E-state index contributed by atoms with van der Waals surface area (Å²) in [6, 6.07) is 1.91. The van der Waals surface area contributed by atoms with Crippen LogP contribution < -0.4 is 5.32 Å². The highest BCUT2D eigenvalue weighted by molar-refractivity contribution is 7.15. The van der Waals surface area contributed by atoms with E-state index in [9.17, 15) is 9.59 Å². The molecule has 2 aromatic heterocycles. The predicted molar refractivity (Wildman–Crippen MR) is 97.9 cm³/mol. The SMILES string of the molecule is CC(=O)N1CCC(C(=O)Nc2cc(-c3nnc(C4CC4)o3)sc2C)CC1. The lowest BCUT2D eigenvalue weighted by molar-refractivity contribution is -0.132. The molecule has 1 aliphatic heterocycles. The molecule has 2 fully saturated rings. The first kappa shape index (κ1) is 17.2. The molecule has 1 N–H and O–H groups in total. The zero-order valence-corrected chi connectivity index (χ0v) is 15.8. The number of hydrogen-bond donors (Lipinski definition) is 1. The zero-order valence-electron chi connectivity index (χ0n) is 14.9. The molecule has 138 valence electrons.